The molecule has 82 valence electrons. The van der Waals surface area contributed by atoms with Crippen molar-refractivity contribution in [1.29, 1.82) is 0 Å². The summed E-state index contributed by atoms with van der Waals surface area (Å²) in [5.41, 5.74) is 6.13. The summed E-state index contributed by atoms with van der Waals surface area (Å²) in [5.74, 6) is -0.430. The van der Waals surface area contributed by atoms with Crippen LogP contribution in [0.4, 0.5) is 5.82 Å². The number of pyridine rings is 1. The van der Waals surface area contributed by atoms with Gasteiger partial charge in [0.05, 0.1) is 6.61 Å². The molecule has 0 unspecified atom stereocenters. The second-order valence-corrected chi connectivity index (χ2v) is 3.02. The Bertz CT molecular complexity index is 423. The van der Waals surface area contributed by atoms with Crippen LogP contribution >= 0.6 is 0 Å². The van der Waals surface area contributed by atoms with Crippen LogP contribution in [-0.2, 0) is 11.2 Å². The van der Waals surface area contributed by atoms with Crippen LogP contribution in [0.25, 0.3) is 0 Å². The van der Waals surface area contributed by atoms with Gasteiger partial charge < -0.3 is 15.5 Å². The molecule has 0 radical (unpaired) electrons. The molecule has 0 spiro atoms. The average Bonchev–Trinajstić information content (AvgIpc) is 2.16. The highest BCUT2D eigenvalue weighted by atomic mass is 16.5. The zero-order valence-electron chi connectivity index (χ0n) is 8.79. The molecule has 0 amide bonds. The van der Waals surface area contributed by atoms with Gasteiger partial charge in [0.2, 0.25) is 5.56 Å². The molecule has 15 heavy (non-hydrogen) atoms. The monoisotopic (exact) mass is 210 g/mol. The normalized spacial score (nSPS) is 10.0. The molecule has 0 atom stereocenters. The van der Waals surface area contributed by atoms with Gasteiger partial charge in [0.15, 0.2) is 0 Å². The van der Waals surface area contributed by atoms with Crippen molar-refractivity contribution in [2.45, 2.75) is 20.3 Å². The van der Waals surface area contributed by atoms with Gasteiger partial charge in [-0.15, -0.1) is 0 Å². The minimum Gasteiger partial charge on any atom is -0.462 e. The number of nitrogen functional groups attached to an aromatic ring is 1. The summed E-state index contributed by atoms with van der Waals surface area (Å²) >= 11 is 0. The molecule has 5 nitrogen and oxygen atoms in total. The van der Waals surface area contributed by atoms with Gasteiger partial charge >= 0.3 is 5.97 Å². The summed E-state index contributed by atoms with van der Waals surface area (Å²) in [4.78, 5) is 25.0. The second-order valence-electron chi connectivity index (χ2n) is 3.02. The number of aromatic nitrogens is 1. The predicted octanol–water partition coefficient (Wildman–Crippen LogP) is 0.696. The van der Waals surface area contributed by atoms with Crippen molar-refractivity contribution >= 4 is 11.8 Å². The van der Waals surface area contributed by atoms with Crippen LogP contribution in [-0.4, -0.2) is 17.6 Å². The molecule has 0 saturated carbocycles. The standard InChI is InChI=1S/C10H14N2O3/c1-3-6-5-7(13)12-9(11)8(6)10(14)15-4-2/h5H,3-4H2,1-2H3,(H3,11,12,13). The van der Waals surface area contributed by atoms with Crippen LogP contribution < -0.4 is 11.3 Å². The number of nitrogens with one attached hydrogen (secondary N) is 1. The summed E-state index contributed by atoms with van der Waals surface area (Å²) in [6.07, 6.45) is 0.558. The van der Waals surface area contributed by atoms with Crippen LogP contribution in [0.1, 0.15) is 29.8 Å². The average molecular weight is 210 g/mol. The number of hydrogen-bond donors (Lipinski definition) is 2. The molecule has 0 aliphatic rings. The Morgan fingerprint density at radius 1 is 1.53 bits per heavy atom. The zero-order chi connectivity index (χ0) is 11.4. The SMILES string of the molecule is CCOC(=O)c1c(CC)cc(=O)[nH]c1N. The van der Waals surface area contributed by atoms with E-state index in [0.29, 0.717) is 12.0 Å². The van der Waals surface area contributed by atoms with Crippen molar-refractivity contribution in [1.82, 2.24) is 4.98 Å². The lowest BCUT2D eigenvalue weighted by Gasteiger charge is -2.08. The molecule has 0 bridgehead atoms. The third-order valence-corrected chi connectivity index (χ3v) is 2.01. The lowest BCUT2D eigenvalue weighted by atomic mass is 10.1. The highest BCUT2D eigenvalue weighted by Crippen LogP contribution is 2.14. The number of anilines is 1. The van der Waals surface area contributed by atoms with E-state index in [1.54, 1.807) is 6.92 Å². The number of aromatic amines is 1. The molecular weight excluding hydrogens is 196 g/mol. The van der Waals surface area contributed by atoms with Gasteiger partial charge in [-0.25, -0.2) is 4.79 Å². The van der Waals surface area contributed by atoms with Gasteiger partial charge in [-0.2, -0.15) is 0 Å². The topological polar surface area (TPSA) is 85.2 Å². The van der Waals surface area contributed by atoms with Gasteiger partial charge in [-0.1, -0.05) is 6.92 Å². The van der Waals surface area contributed by atoms with Crippen molar-refractivity contribution in [2.24, 2.45) is 0 Å². The van der Waals surface area contributed by atoms with Gasteiger partial charge in [-0.3, -0.25) is 4.79 Å². The minimum atomic E-state index is -0.497. The summed E-state index contributed by atoms with van der Waals surface area (Å²) in [6.45, 7) is 3.84. The van der Waals surface area contributed by atoms with E-state index in [2.05, 4.69) is 4.98 Å². The maximum absolute atomic E-state index is 11.5. The number of carbonyl (C=O) groups excluding carboxylic acids is 1. The third kappa shape index (κ3) is 2.37. The molecule has 0 aromatic carbocycles. The van der Waals surface area contributed by atoms with Crippen LogP contribution in [0.3, 0.4) is 0 Å². The van der Waals surface area contributed by atoms with Crippen molar-refractivity contribution in [3.63, 3.8) is 0 Å². The molecule has 1 heterocycles. The molecule has 0 fully saturated rings. The van der Waals surface area contributed by atoms with E-state index in [1.165, 1.54) is 6.07 Å². The Balaban J connectivity index is 3.26. The number of aryl methyl sites for hydroxylation is 1. The van der Waals surface area contributed by atoms with Crippen LogP contribution in [0.5, 0.6) is 0 Å². The molecule has 1 aromatic rings. The first-order chi connectivity index (χ1) is 7.10. The van der Waals surface area contributed by atoms with E-state index >= 15 is 0 Å². The van der Waals surface area contributed by atoms with E-state index < -0.39 is 5.97 Å². The van der Waals surface area contributed by atoms with Crippen molar-refractivity contribution < 1.29 is 9.53 Å². The Hall–Kier alpha value is -1.78. The number of hydrogen-bond acceptors (Lipinski definition) is 4. The van der Waals surface area contributed by atoms with Crippen molar-refractivity contribution in [2.75, 3.05) is 12.3 Å². The number of H-pyrrole nitrogens is 1. The molecule has 0 aliphatic heterocycles. The quantitative estimate of drug-likeness (QED) is 0.719. The van der Waals surface area contributed by atoms with E-state index in [9.17, 15) is 9.59 Å². The zero-order valence-corrected chi connectivity index (χ0v) is 8.79. The second kappa shape index (κ2) is 4.63. The molecule has 0 aliphatic carbocycles. The number of carbonyl (C=O) groups is 1. The Kier molecular flexibility index (Phi) is 3.49. The van der Waals surface area contributed by atoms with E-state index in [1.807, 2.05) is 6.92 Å². The fourth-order valence-corrected chi connectivity index (χ4v) is 1.36. The smallest absolute Gasteiger partial charge is 0.342 e. The number of nitrogens with two attached hydrogens (primary N) is 1. The van der Waals surface area contributed by atoms with Gasteiger partial charge in [0.1, 0.15) is 11.4 Å². The molecule has 1 rings (SSSR count). The first-order valence-corrected chi connectivity index (χ1v) is 4.78. The summed E-state index contributed by atoms with van der Waals surface area (Å²) in [7, 11) is 0. The summed E-state index contributed by atoms with van der Waals surface area (Å²) in [6, 6.07) is 1.36. The maximum Gasteiger partial charge on any atom is 0.342 e. The first-order valence-electron chi connectivity index (χ1n) is 4.78. The van der Waals surface area contributed by atoms with Gasteiger partial charge in [0.25, 0.3) is 0 Å². The minimum absolute atomic E-state index is 0.0674. The first kappa shape index (κ1) is 11.3. The lowest BCUT2D eigenvalue weighted by molar-refractivity contribution is 0.0526. The van der Waals surface area contributed by atoms with Gasteiger partial charge in [0, 0.05) is 6.07 Å². The highest BCUT2D eigenvalue weighted by Gasteiger charge is 2.16. The molecule has 5 heteroatoms. The number of ether oxygens (including phenoxy) is 1. The van der Waals surface area contributed by atoms with Crippen LogP contribution in [0.2, 0.25) is 0 Å². The fraction of sp³-hybridized carbons (Fsp3) is 0.400. The molecule has 3 N–H and O–H groups in total. The Labute approximate surface area is 87.3 Å². The summed E-state index contributed by atoms with van der Waals surface area (Å²) < 4.78 is 4.85. The largest absolute Gasteiger partial charge is 0.462 e. The lowest BCUT2D eigenvalue weighted by Crippen LogP contribution is -2.18. The maximum atomic E-state index is 11.5. The van der Waals surface area contributed by atoms with E-state index in [4.69, 9.17) is 10.5 Å². The van der Waals surface area contributed by atoms with Crippen LogP contribution in [0, 0.1) is 0 Å². The number of rotatable bonds is 3. The van der Waals surface area contributed by atoms with Crippen LogP contribution in [0.15, 0.2) is 10.9 Å². The van der Waals surface area contributed by atoms with Gasteiger partial charge in [-0.05, 0) is 18.9 Å². The van der Waals surface area contributed by atoms with Crippen molar-refractivity contribution in [3.05, 3.63) is 27.5 Å². The fourth-order valence-electron chi connectivity index (χ4n) is 1.36. The molecule has 1 aromatic heterocycles. The highest BCUT2D eigenvalue weighted by molar-refractivity contribution is 5.95. The molecular formula is C10H14N2O3. The predicted molar refractivity (Wildman–Crippen MR) is 56.8 cm³/mol. The number of esters is 1. The van der Waals surface area contributed by atoms with Crippen molar-refractivity contribution in [3.8, 4) is 0 Å². The molecule has 0 saturated heterocycles. The Morgan fingerprint density at radius 3 is 2.73 bits per heavy atom. The van der Waals surface area contributed by atoms with E-state index in [-0.39, 0.29) is 23.5 Å². The van der Waals surface area contributed by atoms with E-state index in [0.717, 1.165) is 0 Å². The third-order valence-electron chi connectivity index (χ3n) is 2.01. The summed E-state index contributed by atoms with van der Waals surface area (Å²) in [5, 5.41) is 0. The Morgan fingerprint density at radius 2 is 2.20 bits per heavy atom.